The molecule has 0 aromatic carbocycles. The number of hydrogen-bond donors (Lipinski definition) is 1. The topological polar surface area (TPSA) is 50.3 Å². The third kappa shape index (κ3) is 4.93. The Hall–Kier alpha value is -1.20. The number of rotatable bonds is 9. The molecule has 1 aromatic rings. The van der Waals surface area contributed by atoms with Gasteiger partial charge in [-0.3, -0.25) is 0 Å². The zero-order valence-corrected chi connectivity index (χ0v) is 13.7. The Morgan fingerprint density at radius 1 is 1.43 bits per heavy atom. The van der Waals surface area contributed by atoms with Gasteiger partial charge in [0.05, 0.1) is 6.61 Å². The van der Waals surface area contributed by atoms with Gasteiger partial charge in [0.15, 0.2) is 0 Å². The highest BCUT2D eigenvalue weighted by atomic mass is 16.5. The summed E-state index contributed by atoms with van der Waals surface area (Å²) < 4.78 is 5.19. The molecule has 2 rings (SSSR count). The first-order valence-corrected chi connectivity index (χ1v) is 7.90. The van der Waals surface area contributed by atoms with Gasteiger partial charge in [0.2, 0.25) is 5.95 Å². The van der Waals surface area contributed by atoms with Crippen LogP contribution in [0.3, 0.4) is 0 Å². The minimum Gasteiger partial charge on any atom is -0.383 e. The predicted octanol–water partition coefficient (Wildman–Crippen LogP) is 2.15. The van der Waals surface area contributed by atoms with Gasteiger partial charge in [-0.25, -0.2) is 9.97 Å². The van der Waals surface area contributed by atoms with Gasteiger partial charge >= 0.3 is 0 Å². The van der Waals surface area contributed by atoms with Crippen molar-refractivity contribution in [3.05, 3.63) is 17.5 Å². The molecule has 0 bridgehead atoms. The lowest BCUT2D eigenvalue weighted by atomic mass is 10.2. The molecule has 1 aromatic heterocycles. The largest absolute Gasteiger partial charge is 0.383 e. The maximum absolute atomic E-state index is 5.19. The van der Waals surface area contributed by atoms with Crippen LogP contribution in [0.1, 0.15) is 37.9 Å². The zero-order valence-electron chi connectivity index (χ0n) is 13.7. The molecule has 0 unspecified atom stereocenters. The quantitative estimate of drug-likeness (QED) is 0.756. The summed E-state index contributed by atoms with van der Waals surface area (Å²) in [6, 6.07) is 0.601. The van der Waals surface area contributed by atoms with Gasteiger partial charge in [-0.1, -0.05) is 13.8 Å². The minimum atomic E-state index is 0.601. The van der Waals surface area contributed by atoms with E-state index >= 15 is 0 Å². The molecule has 0 aliphatic heterocycles. The van der Waals surface area contributed by atoms with Gasteiger partial charge in [-0.15, -0.1) is 0 Å². The first-order chi connectivity index (χ1) is 10.1. The number of aryl methyl sites for hydroxylation is 1. The van der Waals surface area contributed by atoms with Crippen molar-refractivity contribution >= 4 is 5.95 Å². The predicted molar refractivity (Wildman–Crippen MR) is 85.6 cm³/mol. The number of anilines is 1. The summed E-state index contributed by atoms with van der Waals surface area (Å²) in [6.07, 6.45) is 4.45. The highest BCUT2D eigenvalue weighted by Gasteiger charge is 2.30. The Labute approximate surface area is 128 Å². The van der Waals surface area contributed by atoms with Crippen LogP contribution in [0, 0.1) is 12.8 Å². The average Bonchev–Trinajstić information content (AvgIpc) is 3.26. The lowest BCUT2D eigenvalue weighted by molar-refractivity contribution is 0.204. The second-order valence-electron chi connectivity index (χ2n) is 6.22. The molecule has 5 nitrogen and oxygen atoms in total. The summed E-state index contributed by atoms with van der Waals surface area (Å²) in [5.41, 5.74) is 2.25. The number of hydrogen-bond acceptors (Lipinski definition) is 5. The highest BCUT2D eigenvalue weighted by Crippen LogP contribution is 2.29. The molecule has 1 saturated carbocycles. The summed E-state index contributed by atoms with van der Waals surface area (Å²) in [7, 11) is 1.74. The molecule has 1 heterocycles. The molecule has 5 heteroatoms. The third-order valence-corrected chi connectivity index (χ3v) is 3.72. The van der Waals surface area contributed by atoms with Crippen LogP contribution in [-0.4, -0.2) is 42.8 Å². The van der Waals surface area contributed by atoms with Gasteiger partial charge in [-0.2, -0.15) is 0 Å². The van der Waals surface area contributed by atoms with Gasteiger partial charge in [0.25, 0.3) is 0 Å². The fraction of sp³-hybridized carbons (Fsp3) is 0.750. The molecule has 0 radical (unpaired) electrons. The van der Waals surface area contributed by atoms with Crippen LogP contribution in [0.2, 0.25) is 0 Å². The lowest BCUT2D eigenvalue weighted by Gasteiger charge is -2.22. The zero-order chi connectivity index (χ0) is 15.2. The molecule has 21 heavy (non-hydrogen) atoms. The number of methoxy groups -OCH3 is 1. The molecule has 0 spiro atoms. The maximum atomic E-state index is 5.19. The minimum absolute atomic E-state index is 0.601. The van der Waals surface area contributed by atoms with E-state index < -0.39 is 0 Å². The second-order valence-corrected chi connectivity index (χ2v) is 6.22. The van der Waals surface area contributed by atoms with Crippen LogP contribution in [0.15, 0.2) is 6.20 Å². The maximum Gasteiger partial charge on any atom is 0.225 e. The van der Waals surface area contributed by atoms with Crippen molar-refractivity contribution in [2.75, 3.05) is 31.7 Å². The molecule has 0 atom stereocenters. The molecular weight excluding hydrogens is 264 g/mol. The first-order valence-electron chi connectivity index (χ1n) is 7.90. The molecular formula is C16H28N4O. The third-order valence-electron chi connectivity index (χ3n) is 3.72. The van der Waals surface area contributed by atoms with Crippen LogP contribution in [0.5, 0.6) is 0 Å². The SMILES string of the molecule is COCCN(c1ncc(CNCC(C)C)c(C)n1)C1CC1. The van der Waals surface area contributed by atoms with Crippen LogP contribution in [0.25, 0.3) is 0 Å². The van der Waals surface area contributed by atoms with Gasteiger partial charge in [0, 0.05) is 43.7 Å². The first kappa shape index (κ1) is 16.2. The molecule has 1 aliphatic rings. The Morgan fingerprint density at radius 2 is 2.19 bits per heavy atom. The van der Waals surface area contributed by atoms with Crippen LogP contribution in [0.4, 0.5) is 5.95 Å². The molecule has 1 N–H and O–H groups in total. The summed E-state index contributed by atoms with van der Waals surface area (Å²) in [5.74, 6) is 1.50. The van der Waals surface area contributed by atoms with Crippen molar-refractivity contribution < 1.29 is 4.74 Å². The number of aromatic nitrogens is 2. The van der Waals surface area contributed by atoms with Crippen LogP contribution < -0.4 is 10.2 Å². The highest BCUT2D eigenvalue weighted by molar-refractivity contribution is 5.36. The van der Waals surface area contributed by atoms with E-state index in [1.54, 1.807) is 7.11 Å². The number of ether oxygens (including phenoxy) is 1. The van der Waals surface area contributed by atoms with Crippen molar-refractivity contribution in [3.63, 3.8) is 0 Å². The van der Waals surface area contributed by atoms with E-state index in [1.807, 2.05) is 6.20 Å². The van der Waals surface area contributed by atoms with Crippen LogP contribution >= 0.6 is 0 Å². The molecule has 0 amide bonds. The fourth-order valence-corrected chi connectivity index (χ4v) is 2.31. The van der Waals surface area contributed by atoms with E-state index in [-0.39, 0.29) is 0 Å². The molecule has 118 valence electrons. The van der Waals surface area contributed by atoms with E-state index in [4.69, 9.17) is 9.72 Å². The van der Waals surface area contributed by atoms with E-state index in [1.165, 1.54) is 18.4 Å². The van der Waals surface area contributed by atoms with Crippen molar-refractivity contribution in [3.8, 4) is 0 Å². The van der Waals surface area contributed by atoms with E-state index in [2.05, 4.69) is 36.0 Å². The Kier molecular flexibility index (Phi) is 5.94. The van der Waals surface area contributed by atoms with E-state index in [9.17, 15) is 0 Å². The molecule has 1 fully saturated rings. The fourth-order valence-electron chi connectivity index (χ4n) is 2.31. The van der Waals surface area contributed by atoms with Crippen molar-refractivity contribution in [2.45, 2.75) is 46.2 Å². The Bertz CT molecular complexity index is 446. The number of nitrogens with zero attached hydrogens (tertiary/aromatic N) is 3. The van der Waals surface area contributed by atoms with E-state index in [0.29, 0.717) is 12.0 Å². The van der Waals surface area contributed by atoms with Crippen molar-refractivity contribution in [1.29, 1.82) is 0 Å². The average molecular weight is 292 g/mol. The van der Waals surface area contributed by atoms with Gasteiger partial charge in [0.1, 0.15) is 0 Å². The number of nitrogens with one attached hydrogen (secondary N) is 1. The summed E-state index contributed by atoms with van der Waals surface area (Å²) in [4.78, 5) is 11.6. The van der Waals surface area contributed by atoms with Crippen molar-refractivity contribution in [2.24, 2.45) is 5.92 Å². The molecule has 1 aliphatic carbocycles. The van der Waals surface area contributed by atoms with Crippen molar-refractivity contribution in [1.82, 2.24) is 15.3 Å². The summed E-state index contributed by atoms with van der Waals surface area (Å²) >= 11 is 0. The Balaban J connectivity index is 1.99. The van der Waals surface area contributed by atoms with Gasteiger partial charge in [-0.05, 0) is 32.2 Å². The molecule has 0 saturated heterocycles. The summed E-state index contributed by atoms with van der Waals surface area (Å²) in [6.45, 7) is 9.93. The standard InChI is InChI=1S/C16H28N4O/c1-12(2)9-17-10-14-11-18-16(19-13(14)3)20(7-8-21-4)15-5-6-15/h11-12,15,17H,5-10H2,1-4H3. The summed E-state index contributed by atoms with van der Waals surface area (Å²) in [5, 5.41) is 3.45. The van der Waals surface area contributed by atoms with Crippen LogP contribution in [-0.2, 0) is 11.3 Å². The van der Waals surface area contributed by atoms with E-state index in [0.717, 1.165) is 37.9 Å². The normalized spacial score (nSPS) is 14.7. The second kappa shape index (κ2) is 7.71. The monoisotopic (exact) mass is 292 g/mol. The lowest BCUT2D eigenvalue weighted by Crippen LogP contribution is -2.31. The Morgan fingerprint density at radius 3 is 2.76 bits per heavy atom. The van der Waals surface area contributed by atoms with Gasteiger partial charge < -0.3 is 15.0 Å². The smallest absolute Gasteiger partial charge is 0.225 e.